The maximum atomic E-state index is 12.3. The van der Waals surface area contributed by atoms with Crippen LogP contribution in [0.15, 0.2) is 24.5 Å². The minimum absolute atomic E-state index is 0.262. The lowest BCUT2D eigenvalue weighted by Crippen LogP contribution is -2.31. The molecule has 2 heterocycles. The first-order valence-electron chi connectivity index (χ1n) is 8.43. The molecule has 138 valence electrons. The van der Waals surface area contributed by atoms with Crippen molar-refractivity contribution in [3.05, 3.63) is 40.1 Å². The lowest BCUT2D eigenvalue weighted by Gasteiger charge is -2.23. The molecule has 1 amide bonds. The van der Waals surface area contributed by atoms with Crippen molar-refractivity contribution in [2.45, 2.75) is 25.7 Å². The first-order chi connectivity index (χ1) is 12.6. The van der Waals surface area contributed by atoms with Gasteiger partial charge in [0.2, 0.25) is 0 Å². The Hall–Kier alpha value is -2.25. The summed E-state index contributed by atoms with van der Waals surface area (Å²) < 4.78 is 0. The Morgan fingerprint density at radius 1 is 1.12 bits per heavy atom. The number of hydrazine groups is 1. The van der Waals surface area contributed by atoms with E-state index >= 15 is 0 Å². The molecule has 0 spiro atoms. The van der Waals surface area contributed by atoms with Crippen molar-refractivity contribution in [3.63, 3.8) is 0 Å². The second kappa shape index (κ2) is 8.42. The number of hydrogen-bond acceptors (Lipinski definition) is 6. The number of carbonyl (C=O) groups is 1. The number of benzene rings is 1. The first-order valence-corrected chi connectivity index (χ1v) is 9.18. The molecule has 0 saturated carbocycles. The van der Waals surface area contributed by atoms with Gasteiger partial charge in [0, 0.05) is 18.1 Å². The van der Waals surface area contributed by atoms with Gasteiger partial charge in [-0.1, -0.05) is 36.0 Å². The zero-order chi connectivity index (χ0) is 18.5. The normalized spacial score (nSPS) is 14.6. The first kappa shape index (κ1) is 18.5. The highest BCUT2D eigenvalue weighted by atomic mass is 35.5. The molecule has 4 N–H and O–H groups in total. The molecule has 9 heteroatoms. The predicted molar refractivity (Wildman–Crippen MR) is 105 cm³/mol. The van der Waals surface area contributed by atoms with Crippen LogP contribution in [0, 0.1) is 0 Å². The van der Waals surface area contributed by atoms with Crippen molar-refractivity contribution in [2.24, 2.45) is 0 Å². The van der Waals surface area contributed by atoms with Gasteiger partial charge in [0.05, 0.1) is 10.6 Å². The summed E-state index contributed by atoms with van der Waals surface area (Å²) >= 11 is 11.9. The highest BCUT2D eigenvalue weighted by molar-refractivity contribution is 6.36. The largest absolute Gasteiger partial charge is 0.393 e. The van der Waals surface area contributed by atoms with Gasteiger partial charge in [-0.25, -0.2) is 9.97 Å². The number of nitrogens with zero attached hydrogens (tertiary/aromatic N) is 3. The molecule has 0 bridgehead atoms. The molecular formula is C17H20Cl2N6O. The van der Waals surface area contributed by atoms with E-state index in [1.165, 1.54) is 25.2 Å². The Balaban J connectivity index is 1.71. The van der Waals surface area contributed by atoms with E-state index in [0.29, 0.717) is 27.9 Å². The number of nitrogens with two attached hydrogens (primary N) is 1. The van der Waals surface area contributed by atoms with Crippen molar-refractivity contribution in [3.8, 4) is 0 Å². The van der Waals surface area contributed by atoms with Gasteiger partial charge in [-0.15, -0.1) is 0 Å². The van der Waals surface area contributed by atoms with Gasteiger partial charge >= 0.3 is 0 Å². The van der Waals surface area contributed by atoms with Gasteiger partial charge in [0.15, 0.2) is 11.6 Å². The SMILES string of the molecule is Nc1c(NNC(=O)c2ccc(Cl)cc2Cl)ncnc1N1CCCCCC1. The highest BCUT2D eigenvalue weighted by Crippen LogP contribution is 2.27. The van der Waals surface area contributed by atoms with E-state index in [0.717, 1.165) is 25.9 Å². The third kappa shape index (κ3) is 4.28. The van der Waals surface area contributed by atoms with Crippen molar-refractivity contribution in [2.75, 3.05) is 29.1 Å². The number of nitrogens with one attached hydrogen (secondary N) is 2. The maximum absolute atomic E-state index is 12.3. The summed E-state index contributed by atoms with van der Waals surface area (Å²) in [5.74, 6) is 0.613. The molecule has 3 rings (SSSR count). The number of hydrogen-bond donors (Lipinski definition) is 3. The molecule has 7 nitrogen and oxygen atoms in total. The highest BCUT2D eigenvalue weighted by Gasteiger charge is 2.17. The molecule has 0 aliphatic carbocycles. The van der Waals surface area contributed by atoms with Crippen molar-refractivity contribution in [1.29, 1.82) is 0 Å². The van der Waals surface area contributed by atoms with Crippen LogP contribution in [0.5, 0.6) is 0 Å². The van der Waals surface area contributed by atoms with Crippen LogP contribution >= 0.6 is 23.2 Å². The molecule has 0 atom stereocenters. The second-order valence-electron chi connectivity index (χ2n) is 6.06. The van der Waals surface area contributed by atoms with E-state index in [9.17, 15) is 4.79 Å². The quantitative estimate of drug-likeness (QED) is 0.686. The van der Waals surface area contributed by atoms with E-state index in [-0.39, 0.29) is 5.02 Å². The summed E-state index contributed by atoms with van der Waals surface area (Å²) in [6.07, 6.45) is 6.07. The summed E-state index contributed by atoms with van der Waals surface area (Å²) in [5, 5.41) is 0.722. The van der Waals surface area contributed by atoms with Crippen LogP contribution in [-0.2, 0) is 0 Å². The average molecular weight is 395 g/mol. The molecule has 1 fully saturated rings. The smallest absolute Gasteiger partial charge is 0.271 e. The summed E-state index contributed by atoms with van der Waals surface area (Å²) in [5.41, 5.74) is 12.2. The number of halogens is 2. The Morgan fingerprint density at radius 2 is 1.85 bits per heavy atom. The standard InChI is InChI=1S/C17H20Cl2N6O/c18-11-5-6-12(13(19)9-11)17(26)24-23-15-14(20)16(22-10-21-15)25-7-3-1-2-4-8-25/h5-6,9-10H,1-4,7-8,20H2,(H,24,26)(H,21,22,23). The molecule has 1 aromatic heterocycles. The third-order valence-corrected chi connectivity index (χ3v) is 4.79. The number of carbonyl (C=O) groups excluding carboxylic acids is 1. The zero-order valence-electron chi connectivity index (χ0n) is 14.1. The number of anilines is 3. The third-order valence-electron chi connectivity index (χ3n) is 4.24. The maximum Gasteiger partial charge on any atom is 0.271 e. The van der Waals surface area contributed by atoms with Gasteiger partial charge < -0.3 is 10.6 Å². The van der Waals surface area contributed by atoms with Crippen LogP contribution in [0.2, 0.25) is 10.0 Å². The van der Waals surface area contributed by atoms with Crippen molar-refractivity contribution in [1.82, 2.24) is 15.4 Å². The molecular weight excluding hydrogens is 375 g/mol. The van der Waals surface area contributed by atoms with E-state index in [1.54, 1.807) is 12.1 Å². The molecule has 1 saturated heterocycles. The fourth-order valence-electron chi connectivity index (χ4n) is 2.88. The topological polar surface area (TPSA) is 96.2 Å². The van der Waals surface area contributed by atoms with Crippen LogP contribution in [0.4, 0.5) is 17.3 Å². The van der Waals surface area contributed by atoms with Gasteiger partial charge in [0.1, 0.15) is 12.0 Å². The van der Waals surface area contributed by atoms with Crippen LogP contribution in [-0.4, -0.2) is 29.0 Å². The molecule has 26 heavy (non-hydrogen) atoms. The Kier molecular flexibility index (Phi) is 6.00. The van der Waals surface area contributed by atoms with E-state index in [4.69, 9.17) is 28.9 Å². The summed E-state index contributed by atoms with van der Waals surface area (Å²) in [4.78, 5) is 22.9. The number of rotatable bonds is 4. The Bertz CT molecular complexity index is 793. The summed E-state index contributed by atoms with van der Waals surface area (Å²) in [6.45, 7) is 1.82. The van der Waals surface area contributed by atoms with Crippen LogP contribution < -0.4 is 21.5 Å². The lowest BCUT2D eigenvalue weighted by molar-refractivity contribution is 0.0962. The molecule has 1 aliphatic rings. The van der Waals surface area contributed by atoms with Crippen LogP contribution in [0.3, 0.4) is 0 Å². The second-order valence-corrected chi connectivity index (χ2v) is 6.91. The predicted octanol–water partition coefficient (Wildman–Crippen LogP) is 3.50. The molecule has 1 aliphatic heterocycles. The Morgan fingerprint density at radius 3 is 2.54 bits per heavy atom. The number of amides is 1. The molecule has 1 aromatic carbocycles. The van der Waals surface area contributed by atoms with E-state index in [2.05, 4.69) is 25.7 Å². The van der Waals surface area contributed by atoms with Crippen LogP contribution in [0.1, 0.15) is 36.0 Å². The van der Waals surface area contributed by atoms with Gasteiger partial charge in [-0.2, -0.15) is 0 Å². The van der Waals surface area contributed by atoms with Crippen molar-refractivity contribution >= 4 is 46.4 Å². The van der Waals surface area contributed by atoms with Crippen LogP contribution in [0.25, 0.3) is 0 Å². The average Bonchev–Trinajstić information content (AvgIpc) is 2.90. The van der Waals surface area contributed by atoms with Gasteiger partial charge in [-0.3, -0.25) is 15.6 Å². The van der Waals surface area contributed by atoms with Gasteiger partial charge in [0.25, 0.3) is 5.91 Å². The minimum Gasteiger partial charge on any atom is -0.393 e. The summed E-state index contributed by atoms with van der Waals surface area (Å²) in [6, 6.07) is 4.65. The molecule has 0 unspecified atom stereocenters. The molecule has 0 radical (unpaired) electrons. The van der Waals surface area contributed by atoms with Crippen molar-refractivity contribution < 1.29 is 4.79 Å². The number of aromatic nitrogens is 2. The zero-order valence-corrected chi connectivity index (χ0v) is 15.6. The Labute approximate surface area is 161 Å². The molecule has 2 aromatic rings. The lowest BCUT2D eigenvalue weighted by atomic mass is 10.2. The monoisotopic (exact) mass is 394 g/mol. The number of nitrogen functional groups attached to an aromatic ring is 1. The minimum atomic E-state index is -0.416. The van der Waals surface area contributed by atoms with E-state index in [1.807, 2.05) is 0 Å². The van der Waals surface area contributed by atoms with E-state index < -0.39 is 5.91 Å². The fourth-order valence-corrected chi connectivity index (χ4v) is 3.37. The van der Waals surface area contributed by atoms with Gasteiger partial charge in [-0.05, 0) is 31.0 Å². The fraction of sp³-hybridized carbons (Fsp3) is 0.353. The summed E-state index contributed by atoms with van der Waals surface area (Å²) in [7, 11) is 0.